The minimum Gasteiger partial charge on any atom is -0.548 e. The molecule has 0 saturated heterocycles. The summed E-state index contributed by atoms with van der Waals surface area (Å²) in [6.45, 7) is 3.14. The molecule has 17 heavy (non-hydrogen) atoms. The molecule has 0 aliphatic rings. The summed E-state index contributed by atoms with van der Waals surface area (Å²) in [5.74, 6) is -1.23. The molecule has 0 aliphatic heterocycles. The average Bonchev–Trinajstić information content (AvgIpc) is 2.22. The van der Waals surface area contributed by atoms with E-state index in [2.05, 4.69) is 5.32 Å². The second kappa shape index (κ2) is 5.89. The van der Waals surface area contributed by atoms with Crippen molar-refractivity contribution < 1.29 is 19.4 Å². The quantitative estimate of drug-likeness (QED) is 0.751. The molecule has 1 aromatic carbocycles. The zero-order valence-electron chi connectivity index (χ0n) is 9.78. The van der Waals surface area contributed by atoms with Crippen molar-refractivity contribution in [1.29, 1.82) is 0 Å². The number of nitrogens with one attached hydrogen (secondary N) is 1. The van der Waals surface area contributed by atoms with E-state index in [1.807, 2.05) is 19.9 Å². The average molecular weight is 236 g/mol. The summed E-state index contributed by atoms with van der Waals surface area (Å²) in [6.07, 6.45) is 0. The molecule has 0 fully saturated rings. The van der Waals surface area contributed by atoms with Gasteiger partial charge in [0.05, 0.1) is 12.5 Å². The molecule has 0 radical (unpaired) electrons. The monoisotopic (exact) mass is 236 g/mol. The molecule has 0 heterocycles. The van der Waals surface area contributed by atoms with E-state index in [1.54, 1.807) is 12.1 Å². The van der Waals surface area contributed by atoms with E-state index in [1.165, 1.54) is 0 Å². The Labute approximate surface area is 99.4 Å². The Hall–Kier alpha value is -2.04. The van der Waals surface area contributed by atoms with Gasteiger partial charge in [-0.05, 0) is 37.1 Å². The molecule has 0 atom stereocenters. The fraction of sp³-hybridized carbons (Fsp3) is 0.333. The Kier molecular flexibility index (Phi) is 4.51. The molecule has 0 unspecified atom stereocenters. The van der Waals surface area contributed by atoms with Crippen molar-refractivity contribution in [1.82, 2.24) is 5.32 Å². The van der Waals surface area contributed by atoms with Gasteiger partial charge in [-0.15, -0.1) is 0 Å². The van der Waals surface area contributed by atoms with Gasteiger partial charge in [-0.1, -0.05) is 6.07 Å². The predicted octanol–water partition coefficient (Wildman–Crippen LogP) is -0.452. The Bertz CT molecular complexity index is 408. The number of carboxylic acid groups (broad SMARTS) is 1. The summed E-state index contributed by atoms with van der Waals surface area (Å²) < 4.78 is 5.24. The summed E-state index contributed by atoms with van der Waals surface area (Å²) >= 11 is 0. The molecule has 0 bridgehead atoms. The smallest absolute Gasteiger partial charge is 0.258 e. The molecular formula is C12H14NO4-. The molecule has 1 N–H and O–H groups in total. The van der Waals surface area contributed by atoms with Gasteiger partial charge in [-0.3, -0.25) is 4.79 Å². The SMILES string of the molecule is Cc1cc(C)cc(OCC(=O)NCC(=O)[O-])c1. The highest BCUT2D eigenvalue weighted by Crippen LogP contribution is 2.15. The largest absolute Gasteiger partial charge is 0.548 e. The third-order valence-electron chi connectivity index (χ3n) is 2.00. The summed E-state index contributed by atoms with van der Waals surface area (Å²) in [4.78, 5) is 21.3. The van der Waals surface area contributed by atoms with Crippen LogP contribution in [-0.2, 0) is 9.59 Å². The number of carbonyl (C=O) groups excluding carboxylic acids is 2. The summed E-state index contributed by atoms with van der Waals surface area (Å²) in [7, 11) is 0. The van der Waals surface area contributed by atoms with Gasteiger partial charge < -0.3 is 20.0 Å². The molecule has 1 amide bonds. The van der Waals surface area contributed by atoms with Crippen LogP contribution in [0.15, 0.2) is 18.2 Å². The normalized spacial score (nSPS) is 9.76. The van der Waals surface area contributed by atoms with Crippen molar-refractivity contribution in [3.63, 3.8) is 0 Å². The highest BCUT2D eigenvalue weighted by molar-refractivity contribution is 5.81. The first kappa shape index (κ1) is 13.0. The highest BCUT2D eigenvalue weighted by Gasteiger charge is 2.03. The number of carbonyl (C=O) groups is 2. The van der Waals surface area contributed by atoms with Crippen molar-refractivity contribution in [3.8, 4) is 5.75 Å². The topological polar surface area (TPSA) is 78.5 Å². The van der Waals surface area contributed by atoms with Gasteiger partial charge in [0.2, 0.25) is 0 Å². The van der Waals surface area contributed by atoms with E-state index in [4.69, 9.17) is 4.74 Å². The Morgan fingerprint density at radius 3 is 2.35 bits per heavy atom. The molecule has 0 aromatic heterocycles. The first-order chi connectivity index (χ1) is 7.97. The lowest BCUT2D eigenvalue weighted by Gasteiger charge is -2.09. The van der Waals surface area contributed by atoms with Crippen LogP contribution in [0, 0.1) is 13.8 Å². The van der Waals surface area contributed by atoms with Crippen LogP contribution in [0.5, 0.6) is 5.75 Å². The van der Waals surface area contributed by atoms with Crippen molar-refractivity contribution in [2.75, 3.05) is 13.2 Å². The van der Waals surface area contributed by atoms with Crippen LogP contribution in [0.3, 0.4) is 0 Å². The van der Waals surface area contributed by atoms with Crippen LogP contribution in [-0.4, -0.2) is 25.0 Å². The summed E-state index contributed by atoms with van der Waals surface area (Å²) in [6, 6.07) is 5.60. The van der Waals surface area contributed by atoms with Crippen molar-refractivity contribution in [2.45, 2.75) is 13.8 Å². The second-order valence-corrected chi connectivity index (χ2v) is 3.76. The van der Waals surface area contributed by atoms with Crippen LogP contribution in [0.4, 0.5) is 0 Å². The minimum absolute atomic E-state index is 0.212. The number of aliphatic carboxylic acids is 1. The molecule has 1 rings (SSSR count). The molecule has 1 aromatic rings. The van der Waals surface area contributed by atoms with Gasteiger partial charge in [-0.2, -0.15) is 0 Å². The van der Waals surface area contributed by atoms with Gasteiger partial charge in [0.15, 0.2) is 6.61 Å². The van der Waals surface area contributed by atoms with Crippen LogP contribution < -0.4 is 15.2 Å². The third-order valence-corrected chi connectivity index (χ3v) is 2.00. The number of benzene rings is 1. The number of rotatable bonds is 5. The predicted molar refractivity (Wildman–Crippen MR) is 59.4 cm³/mol. The molecule has 0 saturated carbocycles. The lowest BCUT2D eigenvalue weighted by molar-refractivity contribution is -0.304. The third kappa shape index (κ3) is 5.01. The minimum atomic E-state index is -1.33. The van der Waals surface area contributed by atoms with Crippen molar-refractivity contribution in [2.24, 2.45) is 0 Å². The second-order valence-electron chi connectivity index (χ2n) is 3.76. The van der Waals surface area contributed by atoms with E-state index in [9.17, 15) is 14.7 Å². The number of amides is 1. The maximum absolute atomic E-state index is 11.2. The number of hydrogen-bond donors (Lipinski definition) is 1. The first-order valence-electron chi connectivity index (χ1n) is 5.15. The van der Waals surface area contributed by atoms with E-state index >= 15 is 0 Å². The lowest BCUT2D eigenvalue weighted by atomic mass is 10.1. The van der Waals surface area contributed by atoms with Gasteiger partial charge in [0.25, 0.3) is 5.91 Å². The molecular weight excluding hydrogens is 222 g/mol. The van der Waals surface area contributed by atoms with E-state index in [0.29, 0.717) is 5.75 Å². The van der Waals surface area contributed by atoms with Crippen LogP contribution in [0.1, 0.15) is 11.1 Å². The zero-order chi connectivity index (χ0) is 12.8. The van der Waals surface area contributed by atoms with Crippen molar-refractivity contribution >= 4 is 11.9 Å². The Balaban J connectivity index is 2.44. The Morgan fingerprint density at radius 2 is 1.82 bits per heavy atom. The summed E-state index contributed by atoms with van der Waals surface area (Å²) in [5, 5.41) is 12.3. The standard InChI is InChI=1S/C12H15NO4/c1-8-3-9(2)5-10(4-8)17-7-11(14)13-6-12(15)16/h3-5H,6-7H2,1-2H3,(H,13,14)(H,15,16)/p-1. The van der Waals surface area contributed by atoms with Crippen LogP contribution >= 0.6 is 0 Å². The number of hydrogen-bond acceptors (Lipinski definition) is 4. The maximum Gasteiger partial charge on any atom is 0.258 e. The van der Waals surface area contributed by atoms with Crippen LogP contribution in [0.25, 0.3) is 0 Å². The van der Waals surface area contributed by atoms with Gasteiger partial charge >= 0.3 is 0 Å². The van der Waals surface area contributed by atoms with Crippen LogP contribution in [0.2, 0.25) is 0 Å². The summed E-state index contributed by atoms with van der Waals surface area (Å²) in [5.41, 5.74) is 2.07. The fourth-order valence-corrected chi connectivity index (χ4v) is 1.39. The fourth-order valence-electron chi connectivity index (χ4n) is 1.39. The zero-order valence-corrected chi connectivity index (χ0v) is 9.78. The number of ether oxygens (including phenoxy) is 1. The first-order valence-corrected chi connectivity index (χ1v) is 5.15. The van der Waals surface area contributed by atoms with Gasteiger partial charge in [-0.25, -0.2) is 0 Å². The highest BCUT2D eigenvalue weighted by atomic mass is 16.5. The van der Waals surface area contributed by atoms with Gasteiger partial charge in [0, 0.05) is 0 Å². The van der Waals surface area contributed by atoms with Gasteiger partial charge in [0.1, 0.15) is 5.75 Å². The Morgan fingerprint density at radius 1 is 1.24 bits per heavy atom. The maximum atomic E-state index is 11.2. The van der Waals surface area contributed by atoms with Crippen molar-refractivity contribution in [3.05, 3.63) is 29.3 Å². The molecule has 92 valence electrons. The molecule has 5 heteroatoms. The number of aryl methyl sites for hydroxylation is 2. The van der Waals surface area contributed by atoms with E-state index < -0.39 is 18.4 Å². The lowest BCUT2D eigenvalue weighted by Crippen LogP contribution is -2.39. The molecule has 0 aliphatic carbocycles. The molecule has 5 nitrogen and oxygen atoms in total. The van der Waals surface area contributed by atoms with E-state index in [0.717, 1.165) is 11.1 Å². The van der Waals surface area contributed by atoms with E-state index in [-0.39, 0.29) is 6.61 Å². The number of carboxylic acids is 1. The molecule has 0 spiro atoms.